The number of aryl methyl sites for hydroxylation is 1. The minimum absolute atomic E-state index is 0.252. The lowest BCUT2D eigenvalue weighted by atomic mass is 10.1. The van der Waals surface area contributed by atoms with Gasteiger partial charge in [-0.15, -0.1) is 5.10 Å². The summed E-state index contributed by atoms with van der Waals surface area (Å²) in [7, 11) is 0. The van der Waals surface area contributed by atoms with Gasteiger partial charge >= 0.3 is 0 Å². The molecule has 0 amide bonds. The van der Waals surface area contributed by atoms with Crippen molar-refractivity contribution in [1.29, 1.82) is 0 Å². The molecular weight excluding hydrogens is 316 g/mol. The predicted molar refractivity (Wildman–Crippen MR) is 96.1 cm³/mol. The number of rotatable bonds is 6. The van der Waals surface area contributed by atoms with Crippen molar-refractivity contribution in [3.05, 3.63) is 70.4 Å². The first-order valence-electron chi connectivity index (χ1n) is 8.49. The summed E-state index contributed by atoms with van der Waals surface area (Å²) in [6.45, 7) is 4.13. The van der Waals surface area contributed by atoms with E-state index in [-0.39, 0.29) is 11.8 Å². The van der Waals surface area contributed by atoms with Gasteiger partial charge in [-0.1, -0.05) is 37.1 Å². The molecule has 0 saturated heterocycles. The van der Waals surface area contributed by atoms with Crippen LogP contribution in [0.5, 0.6) is 5.75 Å². The Morgan fingerprint density at radius 2 is 2.08 bits per heavy atom. The average molecular weight is 338 g/mol. The SMILES string of the molecule is CCCCC(c1cn(-c2cccc(C)c2)nn1)n1cccc(O)c1=O. The molecule has 130 valence electrons. The molecule has 0 saturated carbocycles. The van der Waals surface area contributed by atoms with Gasteiger partial charge in [-0.05, 0) is 43.2 Å². The molecule has 0 spiro atoms. The molecule has 1 aromatic carbocycles. The van der Waals surface area contributed by atoms with Crippen LogP contribution in [0.25, 0.3) is 5.69 Å². The van der Waals surface area contributed by atoms with Crippen LogP contribution in [-0.2, 0) is 0 Å². The van der Waals surface area contributed by atoms with E-state index >= 15 is 0 Å². The summed E-state index contributed by atoms with van der Waals surface area (Å²) in [6, 6.07) is 10.8. The van der Waals surface area contributed by atoms with Gasteiger partial charge in [-0.25, -0.2) is 4.68 Å². The molecule has 6 heteroatoms. The van der Waals surface area contributed by atoms with Gasteiger partial charge < -0.3 is 9.67 Å². The van der Waals surface area contributed by atoms with E-state index in [2.05, 4.69) is 17.2 Å². The molecule has 0 fully saturated rings. The molecule has 0 bridgehead atoms. The molecule has 2 aromatic heterocycles. The van der Waals surface area contributed by atoms with Crippen LogP contribution in [0.1, 0.15) is 43.5 Å². The van der Waals surface area contributed by atoms with Gasteiger partial charge in [0, 0.05) is 6.20 Å². The monoisotopic (exact) mass is 338 g/mol. The van der Waals surface area contributed by atoms with E-state index in [9.17, 15) is 9.90 Å². The summed E-state index contributed by atoms with van der Waals surface area (Å²) >= 11 is 0. The first-order valence-corrected chi connectivity index (χ1v) is 8.49. The lowest BCUT2D eigenvalue weighted by Gasteiger charge is -2.17. The molecule has 1 atom stereocenters. The van der Waals surface area contributed by atoms with Crippen molar-refractivity contribution in [3.63, 3.8) is 0 Å². The Kier molecular flexibility index (Phi) is 4.97. The van der Waals surface area contributed by atoms with Crippen LogP contribution in [0.15, 0.2) is 53.6 Å². The van der Waals surface area contributed by atoms with E-state index in [1.165, 1.54) is 10.6 Å². The normalized spacial score (nSPS) is 12.2. The molecule has 1 unspecified atom stereocenters. The Morgan fingerprint density at radius 3 is 2.84 bits per heavy atom. The smallest absolute Gasteiger partial charge is 0.293 e. The highest BCUT2D eigenvalue weighted by atomic mass is 16.3. The van der Waals surface area contributed by atoms with Gasteiger partial charge in [0.25, 0.3) is 5.56 Å². The van der Waals surface area contributed by atoms with Gasteiger partial charge in [-0.3, -0.25) is 4.79 Å². The molecule has 0 aliphatic heterocycles. The molecule has 0 aliphatic rings. The minimum atomic E-state index is -0.409. The Labute approximate surface area is 146 Å². The third-order valence-electron chi connectivity index (χ3n) is 4.24. The number of aromatic nitrogens is 4. The Balaban J connectivity index is 2.00. The fourth-order valence-electron chi connectivity index (χ4n) is 2.90. The average Bonchev–Trinajstić information content (AvgIpc) is 3.09. The lowest BCUT2D eigenvalue weighted by molar-refractivity contribution is 0.436. The molecule has 6 nitrogen and oxygen atoms in total. The third kappa shape index (κ3) is 3.63. The number of aromatic hydroxyl groups is 1. The third-order valence-corrected chi connectivity index (χ3v) is 4.24. The highest BCUT2D eigenvalue weighted by molar-refractivity contribution is 5.34. The van der Waals surface area contributed by atoms with E-state index in [1.54, 1.807) is 16.9 Å². The maximum atomic E-state index is 12.3. The van der Waals surface area contributed by atoms with Crippen LogP contribution >= 0.6 is 0 Å². The van der Waals surface area contributed by atoms with Gasteiger partial charge in [0.1, 0.15) is 5.69 Å². The van der Waals surface area contributed by atoms with Crippen molar-refractivity contribution in [2.45, 2.75) is 39.2 Å². The quantitative estimate of drug-likeness (QED) is 0.749. The van der Waals surface area contributed by atoms with Gasteiger partial charge in [0.2, 0.25) is 0 Å². The topological polar surface area (TPSA) is 72.9 Å². The van der Waals surface area contributed by atoms with Crippen molar-refractivity contribution >= 4 is 0 Å². The summed E-state index contributed by atoms with van der Waals surface area (Å²) in [6.07, 6.45) is 6.26. The number of unbranched alkanes of at least 4 members (excludes halogenated alkanes) is 1. The zero-order valence-corrected chi connectivity index (χ0v) is 14.5. The van der Waals surface area contributed by atoms with E-state index in [4.69, 9.17) is 0 Å². The summed E-state index contributed by atoms with van der Waals surface area (Å²) < 4.78 is 3.25. The second-order valence-corrected chi connectivity index (χ2v) is 6.19. The number of hydrogen-bond acceptors (Lipinski definition) is 4. The Bertz CT molecular complexity index is 914. The lowest BCUT2D eigenvalue weighted by Crippen LogP contribution is -2.25. The van der Waals surface area contributed by atoms with Crippen molar-refractivity contribution < 1.29 is 5.11 Å². The molecule has 1 N–H and O–H groups in total. The van der Waals surface area contributed by atoms with Crippen LogP contribution in [0.2, 0.25) is 0 Å². The van der Waals surface area contributed by atoms with E-state index in [1.807, 2.05) is 37.4 Å². The maximum Gasteiger partial charge on any atom is 0.293 e. The van der Waals surface area contributed by atoms with Gasteiger partial charge in [0.05, 0.1) is 17.9 Å². The van der Waals surface area contributed by atoms with Gasteiger partial charge in [0.15, 0.2) is 5.75 Å². The zero-order chi connectivity index (χ0) is 17.8. The second kappa shape index (κ2) is 7.34. The second-order valence-electron chi connectivity index (χ2n) is 6.19. The molecule has 0 aliphatic carbocycles. The van der Waals surface area contributed by atoms with E-state index < -0.39 is 5.56 Å². The van der Waals surface area contributed by atoms with Crippen molar-refractivity contribution in [1.82, 2.24) is 19.6 Å². The predicted octanol–water partition coefficient (Wildman–Crippen LogP) is 3.22. The van der Waals surface area contributed by atoms with Crippen molar-refractivity contribution in [3.8, 4) is 11.4 Å². The van der Waals surface area contributed by atoms with E-state index in [0.29, 0.717) is 5.69 Å². The summed E-state index contributed by atoms with van der Waals surface area (Å²) in [5, 5.41) is 18.3. The summed E-state index contributed by atoms with van der Waals surface area (Å²) in [4.78, 5) is 12.3. The molecular formula is C19H22N4O2. The number of benzene rings is 1. The number of nitrogens with zero attached hydrogens (tertiary/aromatic N) is 4. The first kappa shape index (κ1) is 17.0. The Hall–Kier alpha value is -2.89. The highest BCUT2D eigenvalue weighted by Gasteiger charge is 2.19. The fourth-order valence-corrected chi connectivity index (χ4v) is 2.90. The van der Waals surface area contributed by atoms with Crippen LogP contribution in [-0.4, -0.2) is 24.7 Å². The minimum Gasteiger partial charge on any atom is -0.503 e. The summed E-state index contributed by atoms with van der Waals surface area (Å²) in [5.74, 6) is -0.255. The molecule has 3 aromatic rings. The maximum absolute atomic E-state index is 12.3. The molecule has 3 rings (SSSR count). The number of pyridine rings is 1. The van der Waals surface area contributed by atoms with Crippen LogP contribution in [0.3, 0.4) is 0 Å². The van der Waals surface area contributed by atoms with Gasteiger partial charge in [-0.2, -0.15) is 0 Å². The van der Waals surface area contributed by atoms with Crippen molar-refractivity contribution in [2.75, 3.05) is 0 Å². The molecule has 0 radical (unpaired) electrons. The summed E-state index contributed by atoms with van der Waals surface area (Å²) in [5.41, 5.74) is 2.37. The number of hydrogen-bond donors (Lipinski definition) is 1. The Morgan fingerprint density at radius 1 is 1.24 bits per heavy atom. The molecule has 25 heavy (non-hydrogen) atoms. The van der Waals surface area contributed by atoms with Crippen LogP contribution in [0, 0.1) is 6.92 Å². The first-order chi connectivity index (χ1) is 12.1. The largest absolute Gasteiger partial charge is 0.503 e. The van der Waals surface area contributed by atoms with E-state index in [0.717, 1.165) is 30.5 Å². The highest BCUT2D eigenvalue weighted by Crippen LogP contribution is 2.22. The zero-order valence-electron chi connectivity index (χ0n) is 14.5. The molecule has 2 heterocycles. The fraction of sp³-hybridized carbons (Fsp3) is 0.316. The van der Waals surface area contributed by atoms with Crippen LogP contribution < -0.4 is 5.56 Å². The van der Waals surface area contributed by atoms with Crippen molar-refractivity contribution in [2.24, 2.45) is 0 Å². The van der Waals surface area contributed by atoms with Crippen LogP contribution in [0.4, 0.5) is 0 Å². The standard InChI is InChI=1S/C19H22N4O2/c1-3-4-9-17(22-11-6-10-18(24)19(22)25)16-13-23(21-20-16)15-8-5-7-14(2)12-15/h5-8,10-13,17,24H,3-4,9H2,1-2H3.